The van der Waals surface area contributed by atoms with Gasteiger partial charge in [0, 0.05) is 17.5 Å². The molecule has 0 aliphatic rings. The van der Waals surface area contributed by atoms with Crippen LogP contribution in [0, 0.1) is 10.1 Å². The van der Waals surface area contributed by atoms with Crippen molar-refractivity contribution < 1.29 is 4.92 Å². The van der Waals surface area contributed by atoms with E-state index in [0.29, 0.717) is 0 Å². The lowest BCUT2D eigenvalue weighted by atomic mass is 10.1. The van der Waals surface area contributed by atoms with Gasteiger partial charge in [0.25, 0.3) is 0 Å². The zero-order valence-electron chi connectivity index (χ0n) is 6.69. The summed E-state index contributed by atoms with van der Waals surface area (Å²) in [6, 6.07) is 1.47. The Morgan fingerprint density at radius 1 is 1.83 bits per heavy atom. The highest BCUT2D eigenvalue weighted by atomic mass is 32.1. The molecular formula is C7H10N2O2S. The molecule has 0 bridgehead atoms. The molecule has 2 N–H and O–H groups in total. The molecule has 12 heavy (non-hydrogen) atoms. The first-order valence-corrected chi connectivity index (χ1v) is 4.51. The van der Waals surface area contributed by atoms with Gasteiger partial charge in [-0.1, -0.05) is 18.3 Å². The largest absolute Gasteiger partial charge is 0.324 e. The van der Waals surface area contributed by atoms with E-state index in [1.165, 1.54) is 0 Å². The lowest BCUT2D eigenvalue weighted by Crippen LogP contribution is -2.06. The summed E-state index contributed by atoms with van der Waals surface area (Å²) in [5, 5.41) is 12.2. The molecule has 0 saturated heterocycles. The highest BCUT2D eigenvalue weighted by Crippen LogP contribution is 2.26. The molecule has 1 aromatic rings. The van der Waals surface area contributed by atoms with E-state index in [1.54, 1.807) is 11.4 Å². The van der Waals surface area contributed by atoms with Gasteiger partial charge in [0.1, 0.15) is 0 Å². The van der Waals surface area contributed by atoms with Gasteiger partial charge in [-0.2, -0.15) is 0 Å². The van der Waals surface area contributed by atoms with E-state index < -0.39 is 4.92 Å². The number of nitrogens with zero attached hydrogens (tertiary/aromatic N) is 1. The smallest absolute Gasteiger partial charge is 0.324 e. The maximum absolute atomic E-state index is 10.3. The van der Waals surface area contributed by atoms with E-state index in [0.717, 1.165) is 23.3 Å². The minimum Gasteiger partial charge on any atom is -0.324 e. The van der Waals surface area contributed by atoms with E-state index in [1.807, 2.05) is 6.92 Å². The Morgan fingerprint density at radius 2 is 2.50 bits per heavy atom. The van der Waals surface area contributed by atoms with E-state index in [-0.39, 0.29) is 11.0 Å². The van der Waals surface area contributed by atoms with Gasteiger partial charge in [0.2, 0.25) is 0 Å². The second kappa shape index (κ2) is 3.64. The average Bonchev–Trinajstić information content (AvgIpc) is 2.51. The zero-order chi connectivity index (χ0) is 9.14. The van der Waals surface area contributed by atoms with Crippen molar-refractivity contribution in [1.82, 2.24) is 0 Å². The molecular weight excluding hydrogens is 176 g/mol. The Hall–Kier alpha value is -0.940. The third-order valence-corrected chi connectivity index (χ3v) is 2.55. The molecule has 0 unspecified atom stereocenters. The van der Waals surface area contributed by atoms with Crippen molar-refractivity contribution in [2.45, 2.75) is 19.4 Å². The van der Waals surface area contributed by atoms with Crippen LogP contribution in [0.25, 0.3) is 0 Å². The van der Waals surface area contributed by atoms with Gasteiger partial charge < -0.3 is 5.73 Å². The molecule has 1 heterocycles. The second-order valence-corrected chi connectivity index (χ2v) is 3.38. The Bertz CT molecular complexity index is 285. The standard InChI is InChI=1S/C7H10N2O2S/c1-2-6(8)5-3-7(9(10)11)12-4-5/h3-4,6H,2,8H2,1H3/t6-/m0/s1. The van der Waals surface area contributed by atoms with Crippen LogP contribution in [0.4, 0.5) is 5.00 Å². The van der Waals surface area contributed by atoms with Gasteiger partial charge in [0.15, 0.2) is 0 Å². The monoisotopic (exact) mass is 186 g/mol. The highest BCUT2D eigenvalue weighted by molar-refractivity contribution is 7.13. The van der Waals surface area contributed by atoms with Crippen LogP contribution in [-0.4, -0.2) is 4.92 Å². The first kappa shape index (κ1) is 9.15. The predicted molar refractivity (Wildman–Crippen MR) is 48.2 cm³/mol. The summed E-state index contributed by atoms with van der Waals surface area (Å²) < 4.78 is 0. The number of thiophene rings is 1. The first-order chi connectivity index (χ1) is 5.65. The van der Waals surface area contributed by atoms with Crippen molar-refractivity contribution in [2.75, 3.05) is 0 Å². The molecule has 1 aromatic heterocycles. The first-order valence-electron chi connectivity index (χ1n) is 3.63. The molecule has 0 aromatic carbocycles. The second-order valence-electron chi connectivity index (χ2n) is 2.49. The van der Waals surface area contributed by atoms with Gasteiger partial charge in [-0.05, 0) is 12.0 Å². The van der Waals surface area contributed by atoms with Gasteiger partial charge in [-0.25, -0.2) is 0 Å². The van der Waals surface area contributed by atoms with Crippen LogP contribution in [0.15, 0.2) is 11.4 Å². The fourth-order valence-electron chi connectivity index (χ4n) is 0.865. The van der Waals surface area contributed by atoms with Crippen molar-refractivity contribution in [3.05, 3.63) is 27.1 Å². The molecule has 5 heteroatoms. The quantitative estimate of drug-likeness (QED) is 0.580. The van der Waals surface area contributed by atoms with Crippen LogP contribution < -0.4 is 5.73 Å². The molecule has 0 spiro atoms. The fraction of sp³-hybridized carbons (Fsp3) is 0.429. The number of hydrogen-bond donors (Lipinski definition) is 1. The van der Waals surface area contributed by atoms with E-state index in [2.05, 4.69) is 0 Å². The number of nitro groups is 1. The van der Waals surface area contributed by atoms with Crippen molar-refractivity contribution in [3.63, 3.8) is 0 Å². The van der Waals surface area contributed by atoms with Crippen LogP contribution in [-0.2, 0) is 0 Å². The topological polar surface area (TPSA) is 69.2 Å². The van der Waals surface area contributed by atoms with Crippen LogP contribution >= 0.6 is 11.3 Å². The maximum Gasteiger partial charge on any atom is 0.324 e. The number of nitrogens with two attached hydrogens (primary N) is 1. The summed E-state index contributed by atoms with van der Waals surface area (Å²) in [6.07, 6.45) is 0.799. The lowest BCUT2D eigenvalue weighted by molar-refractivity contribution is -0.380. The Balaban J connectivity index is 2.84. The van der Waals surface area contributed by atoms with Crippen LogP contribution in [0.1, 0.15) is 24.9 Å². The maximum atomic E-state index is 10.3. The number of hydrogen-bond acceptors (Lipinski definition) is 4. The molecule has 0 aliphatic heterocycles. The Morgan fingerprint density at radius 3 is 2.92 bits per heavy atom. The third kappa shape index (κ3) is 1.80. The minimum atomic E-state index is -0.392. The molecule has 0 fully saturated rings. The Kier molecular flexibility index (Phi) is 2.78. The van der Waals surface area contributed by atoms with Gasteiger partial charge in [-0.3, -0.25) is 10.1 Å². The van der Waals surface area contributed by atoms with Gasteiger partial charge in [-0.15, -0.1) is 0 Å². The molecule has 0 amide bonds. The van der Waals surface area contributed by atoms with Crippen LogP contribution in [0.2, 0.25) is 0 Å². The summed E-state index contributed by atoms with van der Waals surface area (Å²) >= 11 is 1.12. The van der Waals surface area contributed by atoms with Crippen molar-refractivity contribution in [2.24, 2.45) is 5.73 Å². The summed E-state index contributed by atoms with van der Waals surface area (Å²) in [4.78, 5) is 9.91. The summed E-state index contributed by atoms with van der Waals surface area (Å²) in [7, 11) is 0. The average molecular weight is 186 g/mol. The number of rotatable bonds is 3. The van der Waals surface area contributed by atoms with Gasteiger partial charge in [0.05, 0.1) is 4.92 Å². The molecule has 0 aliphatic carbocycles. The van der Waals surface area contributed by atoms with Crippen molar-refractivity contribution in [3.8, 4) is 0 Å². The minimum absolute atomic E-state index is 0.0741. The van der Waals surface area contributed by atoms with E-state index in [4.69, 9.17) is 5.73 Å². The fourth-order valence-corrected chi connectivity index (χ4v) is 1.65. The predicted octanol–water partition coefficient (Wildman–Crippen LogP) is 2.07. The molecule has 1 rings (SSSR count). The summed E-state index contributed by atoms with van der Waals surface area (Å²) in [6.45, 7) is 1.95. The van der Waals surface area contributed by atoms with Crippen molar-refractivity contribution >= 4 is 16.3 Å². The normalized spacial score (nSPS) is 12.8. The summed E-state index contributed by atoms with van der Waals surface area (Å²) in [5.74, 6) is 0. The van der Waals surface area contributed by atoms with Crippen LogP contribution in [0.3, 0.4) is 0 Å². The van der Waals surface area contributed by atoms with E-state index in [9.17, 15) is 10.1 Å². The lowest BCUT2D eigenvalue weighted by Gasteiger charge is -2.02. The highest BCUT2D eigenvalue weighted by Gasteiger charge is 2.12. The molecule has 0 radical (unpaired) electrons. The van der Waals surface area contributed by atoms with Crippen molar-refractivity contribution in [1.29, 1.82) is 0 Å². The zero-order valence-corrected chi connectivity index (χ0v) is 7.50. The Labute approximate surface area is 74.2 Å². The SMILES string of the molecule is CC[C@H](N)c1csc([N+](=O)[O-])c1. The van der Waals surface area contributed by atoms with Gasteiger partial charge >= 0.3 is 5.00 Å². The molecule has 0 saturated carbocycles. The summed E-state index contributed by atoms with van der Waals surface area (Å²) in [5.41, 5.74) is 6.55. The van der Waals surface area contributed by atoms with E-state index >= 15 is 0 Å². The molecule has 4 nitrogen and oxygen atoms in total. The van der Waals surface area contributed by atoms with Crippen LogP contribution in [0.5, 0.6) is 0 Å². The molecule has 1 atom stereocenters. The third-order valence-electron chi connectivity index (χ3n) is 1.65. The molecule has 66 valence electrons.